The number of benzene rings is 1. The molecule has 5 heterocycles. The lowest BCUT2D eigenvalue weighted by molar-refractivity contribution is -0.193. The zero-order valence-corrected chi connectivity index (χ0v) is 24.1. The van der Waals surface area contributed by atoms with Crippen LogP contribution in [-0.2, 0) is 17.8 Å². The van der Waals surface area contributed by atoms with Crippen molar-refractivity contribution in [2.75, 3.05) is 4.90 Å². The molecule has 12 nitrogen and oxygen atoms in total. The number of nitrogens with zero attached hydrogens (tertiary/aromatic N) is 8. The highest BCUT2D eigenvalue weighted by atomic mass is 19.3. The monoisotopic (exact) mass is 635 g/mol. The van der Waals surface area contributed by atoms with E-state index in [2.05, 4.69) is 25.0 Å². The Labute approximate surface area is 257 Å². The number of aliphatic hydroxyl groups excluding tert-OH is 1. The summed E-state index contributed by atoms with van der Waals surface area (Å²) in [6.45, 7) is 1.29. The number of fused-ring (bicyclic) bond motifs is 2. The minimum absolute atomic E-state index is 0.00345. The van der Waals surface area contributed by atoms with Gasteiger partial charge in [-0.3, -0.25) is 9.69 Å². The Bertz CT molecular complexity index is 1970. The maximum absolute atomic E-state index is 14.9. The van der Waals surface area contributed by atoms with Gasteiger partial charge in [-0.1, -0.05) is 6.07 Å². The highest BCUT2D eigenvalue weighted by molar-refractivity contribution is 6.02. The summed E-state index contributed by atoms with van der Waals surface area (Å²) in [5.74, 6) is -2.77. The summed E-state index contributed by atoms with van der Waals surface area (Å²) in [7, 11) is 0. The van der Waals surface area contributed by atoms with Crippen LogP contribution < -0.4 is 15.4 Å². The third-order valence-electron chi connectivity index (χ3n) is 7.96. The van der Waals surface area contributed by atoms with Crippen LogP contribution in [0, 0.1) is 17.6 Å². The van der Waals surface area contributed by atoms with E-state index in [0.29, 0.717) is 45.8 Å². The Morgan fingerprint density at radius 3 is 2.39 bits per heavy atom. The molecule has 236 valence electrons. The number of aliphatic hydroxyl groups is 1. The van der Waals surface area contributed by atoms with Gasteiger partial charge in [0.15, 0.2) is 28.9 Å². The summed E-state index contributed by atoms with van der Waals surface area (Å²) in [5, 5.41) is 15.8. The first-order valence-corrected chi connectivity index (χ1v) is 14.3. The number of rotatable bonds is 8. The topological polar surface area (TPSA) is 158 Å². The fraction of sp³-hybridized carbons (Fsp3) is 0.300. The van der Waals surface area contributed by atoms with Gasteiger partial charge in [0.2, 0.25) is 0 Å². The number of halogens is 4. The van der Waals surface area contributed by atoms with Crippen molar-refractivity contribution in [1.82, 2.24) is 34.7 Å². The van der Waals surface area contributed by atoms with Crippen molar-refractivity contribution in [3.63, 3.8) is 0 Å². The van der Waals surface area contributed by atoms with Gasteiger partial charge in [-0.2, -0.15) is 13.9 Å². The smallest absolute Gasteiger partial charge is 0.423 e. The molecule has 1 fully saturated rings. The van der Waals surface area contributed by atoms with Crippen LogP contribution in [-0.4, -0.2) is 51.8 Å². The molecule has 0 saturated heterocycles. The summed E-state index contributed by atoms with van der Waals surface area (Å²) in [5.41, 5.74) is 8.01. The van der Waals surface area contributed by atoms with E-state index in [1.165, 1.54) is 18.3 Å². The van der Waals surface area contributed by atoms with E-state index >= 15 is 0 Å². The SMILES string of the molecule is C[C@@H](c1ncc(F)cn1)n1ncc2c(-c3ccc4c(c3)OC(F)(F)C(=O)N4Cc3ncc(F)cn3)c(C(N)O)c(CC3CC3)nc21. The molecule has 2 atom stereocenters. The van der Waals surface area contributed by atoms with Crippen LogP contribution in [0.15, 0.2) is 49.2 Å². The lowest BCUT2D eigenvalue weighted by atomic mass is 9.92. The maximum Gasteiger partial charge on any atom is 0.482 e. The largest absolute Gasteiger partial charge is 0.482 e. The first kappa shape index (κ1) is 29.6. The molecule has 16 heteroatoms. The Morgan fingerprint density at radius 2 is 1.74 bits per heavy atom. The minimum atomic E-state index is -4.23. The first-order valence-electron chi connectivity index (χ1n) is 14.3. The standard InChI is InChI=1S/C30H25F4N9O3/c1-14(27-38-10-18(32)11-39-27)43-28-19(12-40-43)24(25(26(35)44)20(41-28)6-15-2-3-15)16-4-5-21-22(7-16)46-30(33,34)29(45)42(21)13-23-36-8-17(31)9-37-23/h4-5,7-12,14-15,26,44H,2-3,6,13,35H2,1H3/t14-,26?/m0/s1. The van der Waals surface area contributed by atoms with Crippen molar-refractivity contribution >= 4 is 22.6 Å². The van der Waals surface area contributed by atoms with E-state index in [4.69, 9.17) is 15.5 Å². The molecule has 2 aliphatic rings. The normalized spacial score (nSPS) is 17.1. The maximum atomic E-state index is 14.9. The number of carbonyl (C=O) groups excluding carboxylic acids is 1. The van der Waals surface area contributed by atoms with Gasteiger partial charge in [0.25, 0.3) is 0 Å². The Balaban J connectivity index is 1.39. The van der Waals surface area contributed by atoms with Crippen molar-refractivity contribution in [3.05, 3.63) is 83.7 Å². The molecule has 1 unspecified atom stereocenters. The van der Waals surface area contributed by atoms with Gasteiger partial charge in [-0.25, -0.2) is 38.4 Å². The summed E-state index contributed by atoms with van der Waals surface area (Å²) in [4.78, 5) is 34.1. The van der Waals surface area contributed by atoms with Gasteiger partial charge in [-0.15, -0.1) is 0 Å². The molecule has 0 bridgehead atoms. The predicted molar refractivity (Wildman–Crippen MR) is 153 cm³/mol. The zero-order chi connectivity index (χ0) is 32.3. The molecule has 1 saturated carbocycles. The van der Waals surface area contributed by atoms with E-state index in [-0.39, 0.29) is 23.1 Å². The van der Waals surface area contributed by atoms with Crippen LogP contribution in [0.2, 0.25) is 0 Å². The Hall–Kier alpha value is -5.09. The van der Waals surface area contributed by atoms with Crippen molar-refractivity contribution in [2.24, 2.45) is 11.7 Å². The molecule has 1 aliphatic carbocycles. The predicted octanol–water partition coefficient (Wildman–Crippen LogP) is 3.99. The number of hydrogen-bond acceptors (Lipinski definition) is 10. The van der Waals surface area contributed by atoms with Crippen LogP contribution in [0.4, 0.5) is 23.2 Å². The quantitative estimate of drug-likeness (QED) is 0.189. The number of nitrogens with two attached hydrogens (primary N) is 1. The Morgan fingerprint density at radius 1 is 1.07 bits per heavy atom. The van der Waals surface area contributed by atoms with E-state index in [9.17, 15) is 27.5 Å². The van der Waals surface area contributed by atoms with Crippen LogP contribution in [0.1, 0.15) is 54.9 Å². The highest BCUT2D eigenvalue weighted by Crippen LogP contribution is 2.45. The lowest BCUT2D eigenvalue weighted by Gasteiger charge is -2.33. The average molecular weight is 636 g/mol. The summed E-state index contributed by atoms with van der Waals surface area (Å²) >= 11 is 0. The number of carbonyl (C=O) groups is 1. The number of hydrogen-bond donors (Lipinski definition) is 2. The second kappa shape index (κ2) is 11.1. The van der Waals surface area contributed by atoms with Crippen molar-refractivity contribution in [3.8, 4) is 16.9 Å². The van der Waals surface area contributed by atoms with E-state index < -0.39 is 42.5 Å². The summed E-state index contributed by atoms with van der Waals surface area (Å²) < 4.78 is 63.2. The highest BCUT2D eigenvalue weighted by Gasteiger charge is 2.51. The second-order valence-corrected chi connectivity index (χ2v) is 11.2. The minimum Gasteiger partial charge on any atom is -0.423 e. The van der Waals surface area contributed by atoms with Crippen LogP contribution >= 0.6 is 0 Å². The molecule has 0 spiro atoms. The van der Waals surface area contributed by atoms with Gasteiger partial charge in [0.05, 0.1) is 48.9 Å². The van der Waals surface area contributed by atoms with Crippen LogP contribution in [0.5, 0.6) is 5.75 Å². The number of ether oxygens (including phenoxy) is 1. The van der Waals surface area contributed by atoms with Crippen LogP contribution in [0.25, 0.3) is 22.2 Å². The molecule has 1 amide bonds. The fourth-order valence-electron chi connectivity index (χ4n) is 5.57. The van der Waals surface area contributed by atoms with Gasteiger partial charge in [0, 0.05) is 16.5 Å². The molecule has 1 aliphatic heterocycles. The number of pyridine rings is 1. The molecule has 0 radical (unpaired) electrons. The molecule has 3 N–H and O–H groups in total. The molecular weight excluding hydrogens is 610 g/mol. The number of alkyl halides is 2. The van der Waals surface area contributed by atoms with E-state index in [1.54, 1.807) is 17.7 Å². The molecule has 5 aromatic rings. The second-order valence-electron chi connectivity index (χ2n) is 11.2. The van der Waals surface area contributed by atoms with Crippen molar-refractivity contribution < 1.29 is 32.2 Å². The Kier molecular flexibility index (Phi) is 7.12. The summed E-state index contributed by atoms with van der Waals surface area (Å²) in [6, 6.07) is 3.72. The van der Waals surface area contributed by atoms with Crippen molar-refractivity contribution in [1.29, 1.82) is 0 Å². The molecule has 7 rings (SSSR count). The van der Waals surface area contributed by atoms with Crippen molar-refractivity contribution in [2.45, 2.75) is 51.1 Å². The molecule has 1 aromatic carbocycles. The third kappa shape index (κ3) is 5.28. The average Bonchev–Trinajstić information content (AvgIpc) is 3.74. The fourth-order valence-corrected chi connectivity index (χ4v) is 5.57. The number of amides is 1. The molecule has 4 aromatic heterocycles. The molecule has 46 heavy (non-hydrogen) atoms. The number of aromatic nitrogens is 7. The first-order chi connectivity index (χ1) is 22.0. The van der Waals surface area contributed by atoms with Gasteiger partial charge >= 0.3 is 12.0 Å². The van der Waals surface area contributed by atoms with Gasteiger partial charge in [0.1, 0.15) is 18.1 Å². The van der Waals surface area contributed by atoms with E-state index in [1.807, 2.05) is 0 Å². The van der Waals surface area contributed by atoms with Gasteiger partial charge < -0.3 is 15.6 Å². The molecular formula is C30H25F4N9O3. The number of anilines is 1. The summed E-state index contributed by atoms with van der Waals surface area (Å²) in [6.07, 6.45) is 2.04. The van der Waals surface area contributed by atoms with E-state index in [0.717, 1.165) is 42.5 Å². The third-order valence-corrected chi connectivity index (χ3v) is 7.96. The van der Waals surface area contributed by atoms with Gasteiger partial charge in [-0.05, 0) is 49.8 Å². The zero-order valence-electron chi connectivity index (χ0n) is 24.1. The van der Waals surface area contributed by atoms with Crippen LogP contribution in [0.3, 0.4) is 0 Å². The lowest BCUT2D eigenvalue weighted by Crippen LogP contribution is -2.50.